The van der Waals surface area contributed by atoms with Gasteiger partial charge in [-0.1, -0.05) is 24.3 Å². The first-order valence-corrected chi connectivity index (χ1v) is 6.59. The van der Waals surface area contributed by atoms with Crippen LogP contribution in [0.1, 0.15) is 11.1 Å². The zero-order valence-corrected chi connectivity index (χ0v) is 11.5. The van der Waals surface area contributed by atoms with Crippen molar-refractivity contribution in [3.63, 3.8) is 0 Å². The molecule has 21 heavy (non-hydrogen) atoms. The van der Waals surface area contributed by atoms with E-state index in [1.165, 1.54) is 0 Å². The fourth-order valence-corrected chi connectivity index (χ4v) is 2.20. The summed E-state index contributed by atoms with van der Waals surface area (Å²) in [6.07, 6.45) is 0.234. The van der Waals surface area contributed by atoms with Crippen LogP contribution in [0.15, 0.2) is 51.7 Å². The van der Waals surface area contributed by atoms with Gasteiger partial charge in [0.2, 0.25) is 5.91 Å². The number of oxazole rings is 1. The lowest BCUT2D eigenvalue weighted by Gasteiger charge is -2.08. The van der Waals surface area contributed by atoms with Crippen LogP contribution < -0.4 is 11.1 Å². The molecule has 1 amide bonds. The van der Waals surface area contributed by atoms with Gasteiger partial charge in [0, 0.05) is 5.69 Å². The number of rotatable bonds is 3. The van der Waals surface area contributed by atoms with Crippen LogP contribution in [0.25, 0.3) is 11.1 Å². The number of hydrogen-bond donors (Lipinski definition) is 2. The molecule has 3 aromatic rings. The molecule has 2 aromatic carbocycles. The Bertz CT molecular complexity index is 861. The van der Waals surface area contributed by atoms with Gasteiger partial charge in [-0.25, -0.2) is 4.79 Å². The predicted octanol–water partition coefficient (Wildman–Crippen LogP) is 2.61. The van der Waals surface area contributed by atoms with Gasteiger partial charge in [-0.2, -0.15) is 0 Å². The molecule has 5 heteroatoms. The van der Waals surface area contributed by atoms with Gasteiger partial charge < -0.3 is 9.73 Å². The number of H-pyrrole nitrogens is 1. The average molecular weight is 282 g/mol. The van der Waals surface area contributed by atoms with Crippen molar-refractivity contribution in [2.24, 2.45) is 0 Å². The monoisotopic (exact) mass is 282 g/mol. The van der Waals surface area contributed by atoms with Crippen molar-refractivity contribution in [3.05, 3.63) is 64.1 Å². The van der Waals surface area contributed by atoms with Crippen molar-refractivity contribution < 1.29 is 9.21 Å². The number of benzene rings is 2. The van der Waals surface area contributed by atoms with Gasteiger partial charge in [-0.15, -0.1) is 0 Å². The number of amides is 1. The van der Waals surface area contributed by atoms with Crippen LogP contribution in [-0.2, 0) is 11.2 Å². The summed E-state index contributed by atoms with van der Waals surface area (Å²) in [7, 11) is 0. The molecule has 0 bridgehead atoms. The Balaban J connectivity index is 1.77. The third kappa shape index (κ3) is 2.86. The molecule has 0 aliphatic rings. The Labute approximate surface area is 120 Å². The van der Waals surface area contributed by atoms with Crippen LogP contribution in [0.4, 0.5) is 5.69 Å². The molecule has 0 fully saturated rings. The minimum Gasteiger partial charge on any atom is -0.408 e. The van der Waals surface area contributed by atoms with E-state index in [1.54, 1.807) is 18.2 Å². The van der Waals surface area contributed by atoms with Crippen molar-refractivity contribution in [1.29, 1.82) is 0 Å². The molecule has 0 radical (unpaired) electrons. The van der Waals surface area contributed by atoms with Crippen molar-refractivity contribution in [2.45, 2.75) is 13.3 Å². The van der Waals surface area contributed by atoms with Gasteiger partial charge in [0.25, 0.3) is 0 Å². The summed E-state index contributed by atoms with van der Waals surface area (Å²) in [6.45, 7) is 1.94. The molecule has 1 aromatic heterocycles. The van der Waals surface area contributed by atoms with E-state index in [9.17, 15) is 9.59 Å². The molecule has 0 aliphatic heterocycles. The lowest BCUT2D eigenvalue weighted by Crippen LogP contribution is -2.15. The van der Waals surface area contributed by atoms with E-state index in [1.807, 2.05) is 31.2 Å². The Morgan fingerprint density at radius 2 is 2.05 bits per heavy atom. The van der Waals surface area contributed by atoms with Crippen LogP contribution in [0.5, 0.6) is 0 Å². The van der Waals surface area contributed by atoms with Crippen molar-refractivity contribution in [2.75, 3.05) is 5.32 Å². The highest BCUT2D eigenvalue weighted by Gasteiger charge is 2.08. The Morgan fingerprint density at radius 1 is 1.24 bits per heavy atom. The van der Waals surface area contributed by atoms with Crippen LogP contribution in [-0.4, -0.2) is 10.9 Å². The second kappa shape index (κ2) is 5.28. The minimum absolute atomic E-state index is 0.102. The number of hydrogen-bond acceptors (Lipinski definition) is 3. The van der Waals surface area contributed by atoms with E-state index < -0.39 is 5.76 Å². The topological polar surface area (TPSA) is 75.1 Å². The largest absolute Gasteiger partial charge is 0.417 e. The zero-order valence-electron chi connectivity index (χ0n) is 11.5. The minimum atomic E-state index is -0.494. The molecule has 2 N–H and O–H groups in total. The van der Waals surface area contributed by atoms with Gasteiger partial charge in [0.15, 0.2) is 5.58 Å². The highest BCUT2D eigenvalue weighted by molar-refractivity contribution is 5.93. The molecule has 3 rings (SSSR count). The van der Waals surface area contributed by atoms with Gasteiger partial charge >= 0.3 is 5.76 Å². The van der Waals surface area contributed by atoms with Gasteiger partial charge in [0.05, 0.1) is 11.9 Å². The summed E-state index contributed by atoms with van der Waals surface area (Å²) >= 11 is 0. The first-order valence-electron chi connectivity index (χ1n) is 6.59. The molecule has 1 heterocycles. The number of aromatic amines is 1. The third-order valence-corrected chi connectivity index (χ3v) is 3.27. The van der Waals surface area contributed by atoms with E-state index >= 15 is 0 Å². The number of aryl methyl sites for hydroxylation is 1. The number of aromatic nitrogens is 1. The highest BCUT2D eigenvalue weighted by atomic mass is 16.4. The summed E-state index contributed by atoms with van der Waals surface area (Å²) in [5.74, 6) is -0.596. The molecular formula is C16H14N2O3. The van der Waals surface area contributed by atoms with Crippen LogP contribution in [0.3, 0.4) is 0 Å². The average Bonchev–Trinajstić information content (AvgIpc) is 2.80. The molecule has 0 saturated carbocycles. The third-order valence-electron chi connectivity index (χ3n) is 3.27. The number of carbonyl (C=O) groups is 1. The SMILES string of the molecule is Cc1ccccc1NC(=O)Cc1ccc2oc(=O)[nH]c2c1. The fraction of sp³-hybridized carbons (Fsp3) is 0.125. The maximum Gasteiger partial charge on any atom is 0.417 e. The molecule has 0 atom stereocenters. The Hall–Kier alpha value is -2.82. The molecule has 0 unspecified atom stereocenters. The number of nitrogens with one attached hydrogen (secondary N) is 2. The maximum absolute atomic E-state index is 12.1. The van der Waals surface area contributed by atoms with Crippen LogP contribution in [0, 0.1) is 6.92 Å². The lowest BCUT2D eigenvalue weighted by atomic mass is 10.1. The molecule has 0 saturated heterocycles. The van der Waals surface area contributed by atoms with E-state index in [0.717, 1.165) is 16.8 Å². The Kier molecular flexibility index (Phi) is 3.31. The van der Waals surface area contributed by atoms with Gasteiger partial charge in [-0.3, -0.25) is 9.78 Å². The van der Waals surface area contributed by atoms with Crippen molar-refractivity contribution in [1.82, 2.24) is 4.98 Å². The summed E-state index contributed by atoms with van der Waals surface area (Å²) < 4.78 is 4.93. The van der Waals surface area contributed by atoms with Gasteiger partial charge in [-0.05, 0) is 36.2 Å². The summed E-state index contributed by atoms with van der Waals surface area (Å²) in [5, 5.41) is 2.88. The number of anilines is 1. The van der Waals surface area contributed by atoms with E-state index in [0.29, 0.717) is 11.1 Å². The van der Waals surface area contributed by atoms with Crippen LogP contribution >= 0.6 is 0 Å². The maximum atomic E-state index is 12.1. The molecule has 0 aliphatic carbocycles. The number of carbonyl (C=O) groups excluding carboxylic acids is 1. The Morgan fingerprint density at radius 3 is 2.86 bits per heavy atom. The summed E-state index contributed by atoms with van der Waals surface area (Å²) in [6, 6.07) is 12.8. The van der Waals surface area contributed by atoms with E-state index in [4.69, 9.17) is 4.42 Å². The zero-order chi connectivity index (χ0) is 14.8. The van der Waals surface area contributed by atoms with Gasteiger partial charge in [0.1, 0.15) is 0 Å². The fourth-order valence-electron chi connectivity index (χ4n) is 2.20. The molecule has 5 nitrogen and oxygen atoms in total. The normalized spacial score (nSPS) is 10.7. The quantitative estimate of drug-likeness (QED) is 0.775. The van der Waals surface area contributed by atoms with Crippen molar-refractivity contribution >= 4 is 22.7 Å². The van der Waals surface area contributed by atoms with E-state index in [2.05, 4.69) is 10.3 Å². The summed E-state index contributed by atoms with van der Waals surface area (Å²) in [5.41, 5.74) is 3.72. The number of para-hydroxylation sites is 1. The highest BCUT2D eigenvalue weighted by Crippen LogP contribution is 2.15. The molecule has 0 spiro atoms. The van der Waals surface area contributed by atoms with Crippen LogP contribution in [0.2, 0.25) is 0 Å². The standard InChI is InChI=1S/C16H14N2O3/c1-10-4-2-3-5-12(10)17-15(19)9-11-6-7-14-13(8-11)18-16(20)21-14/h2-8H,9H2,1H3,(H,17,19)(H,18,20). The van der Waals surface area contributed by atoms with Crippen molar-refractivity contribution in [3.8, 4) is 0 Å². The smallest absolute Gasteiger partial charge is 0.408 e. The molecular weight excluding hydrogens is 268 g/mol. The second-order valence-corrected chi connectivity index (χ2v) is 4.88. The first-order chi connectivity index (χ1) is 10.1. The second-order valence-electron chi connectivity index (χ2n) is 4.88. The lowest BCUT2D eigenvalue weighted by molar-refractivity contribution is -0.115. The predicted molar refractivity (Wildman–Crippen MR) is 80.3 cm³/mol. The first kappa shape index (κ1) is 13.2. The molecule has 106 valence electrons. The number of fused-ring (bicyclic) bond motifs is 1. The summed E-state index contributed by atoms with van der Waals surface area (Å²) in [4.78, 5) is 25.7. The van der Waals surface area contributed by atoms with E-state index in [-0.39, 0.29) is 12.3 Å².